The number of piperidine rings is 1. The summed E-state index contributed by atoms with van der Waals surface area (Å²) in [7, 11) is 0. The Morgan fingerprint density at radius 3 is 2.61 bits per heavy atom. The Kier molecular flexibility index (Phi) is 4.66. The molecule has 2 fully saturated rings. The van der Waals surface area contributed by atoms with E-state index >= 15 is 0 Å². The number of likely N-dealkylation sites (tertiary alicyclic amines) is 1. The van der Waals surface area contributed by atoms with Crippen LogP contribution in [-0.4, -0.2) is 64.4 Å². The van der Waals surface area contributed by atoms with Gasteiger partial charge in [0.1, 0.15) is 11.9 Å². The smallest absolute Gasteiger partial charge is 0.225 e. The summed E-state index contributed by atoms with van der Waals surface area (Å²) in [6.45, 7) is 6.59. The second-order valence-corrected chi connectivity index (χ2v) is 6.38. The zero-order valence-electron chi connectivity index (χ0n) is 13.7. The van der Waals surface area contributed by atoms with Crippen LogP contribution in [0.25, 0.3) is 0 Å². The average Bonchev–Trinajstić information content (AvgIpc) is 3.01. The fourth-order valence-electron chi connectivity index (χ4n) is 3.31. The number of hydrogen-bond donors (Lipinski definition) is 1. The van der Waals surface area contributed by atoms with Crippen LogP contribution in [0.3, 0.4) is 0 Å². The third kappa shape index (κ3) is 3.55. The van der Waals surface area contributed by atoms with Gasteiger partial charge in [0.2, 0.25) is 11.8 Å². The second kappa shape index (κ2) is 6.70. The standard InChI is InChI=1S/C16H24N4O3/c1-11-9-17-15(18-11)14-10-20(7-8-23-14)16(22)13-3-5-19(6-4-13)12(2)21/h9,13-14H,3-8,10H2,1-2H3,(H,17,18). The number of H-pyrrole nitrogens is 1. The summed E-state index contributed by atoms with van der Waals surface area (Å²) in [5.74, 6) is 1.08. The van der Waals surface area contributed by atoms with Crippen molar-refractivity contribution < 1.29 is 14.3 Å². The van der Waals surface area contributed by atoms with E-state index in [1.54, 1.807) is 13.1 Å². The van der Waals surface area contributed by atoms with Crippen LogP contribution < -0.4 is 0 Å². The van der Waals surface area contributed by atoms with Crippen molar-refractivity contribution in [2.45, 2.75) is 32.8 Å². The maximum Gasteiger partial charge on any atom is 0.225 e. The second-order valence-electron chi connectivity index (χ2n) is 6.38. The van der Waals surface area contributed by atoms with Gasteiger partial charge >= 0.3 is 0 Å². The van der Waals surface area contributed by atoms with E-state index in [-0.39, 0.29) is 23.8 Å². The van der Waals surface area contributed by atoms with E-state index in [2.05, 4.69) is 9.97 Å². The summed E-state index contributed by atoms with van der Waals surface area (Å²) in [6, 6.07) is 0. The summed E-state index contributed by atoms with van der Waals surface area (Å²) >= 11 is 0. The highest BCUT2D eigenvalue weighted by Gasteiger charge is 2.33. The Hall–Kier alpha value is -1.89. The highest BCUT2D eigenvalue weighted by Crippen LogP contribution is 2.24. The number of morpholine rings is 1. The quantitative estimate of drug-likeness (QED) is 0.877. The van der Waals surface area contributed by atoms with Crippen molar-refractivity contribution in [2.75, 3.05) is 32.8 Å². The van der Waals surface area contributed by atoms with Gasteiger partial charge in [0.15, 0.2) is 0 Å². The lowest BCUT2D eigenvalue weighted by Gasteiger charge is -2.37. The van der Waals surface area contributed by atoms with Crippen LogP contribution in [0.4, 0.5) is 0 Å². The lowest BCUT2D eigenvalue weighted by molar-refractivity contribution is -0.146. The van der Waals surface area contributed by atoms with E-state index in [0.29, 0.717) is 32.8 Å². The maximum absolute atomic E-state index is 12.7. The molecule has 1 aromatic rings. The van der Waals surface area contributed by atoms with Crippen molar-refractivity contribution >= 4 is 11.8 Å². The Balaban J connectivity index is 1.58. The number of amides is 2. The Labute approximate surface area is 136 Å². The molecule has 0 saturated carbocycles. The van der Waals surface area contributed by atoms with E-state index < -0.39 is 0 Å². The first kappa shape index (κ1) is 16.0. The molecule has 0 bridgehead atoms. The third-order valence-electron chi connectivity index (χ3n) is 4.70. The van der Waals surface area contributed by atoms with E-state index in [9.17, 15) is 9.59 Å². The fourth-order valence-corrected chi connectivity index (χ4v) is 3.31. The molecule has 23 heavy (non-hydrogen) atoms. The van der Waals surface area contributed by atoms with Crippen LogP contribution in [0.5, 0.6) is 0 Å². The van der Waals surface area contributed by atoms with Crippen molar-refractivity contribution in [3.63, 3.8) is 0 Å². The number of aromatic nitrogens is 2. The molecule has 3 heterocycles. The molecule has 1 N–H and O–H groups in total. The van der Waals surface area contributed by atoms with Crippen molar-refractivity contribution in [2.24, 2.45) is 5.92 Å². The molecule has 0 radical (unpaired) electrons. The SMILES string of the molecule is CC(=O)N1CCC(C(=O)N2CCOC(c3ncc(C)[nH]3)C2)CC1. The number of carbonyl (C=O) groups excluding carboxylic acids is 2. The van der Waals surface area contributed by atoms with Gasteiger partial charge in [-0.15, -0.1) is 0 Å². The molecule has 7 nitrogen and oxygen atoms in total. The van der Waals surface area contributed by atoms with Gasteiger partial charge in [-0.2, -0.15) is 0 Å². The lowest BCUT2D eigenvalue weighted by atomic mass is 9.95. The van der Waals surface area contributed by atoms with E-state index in [4.69, 9.17) is 4.74 Å². The summed E-state index contributed by atoms with van der Waals surface area (Å²) < 4.78 is 5.75. The first-order valence-electron chi connectivity index (χ1n) is 8.22. The van der Waals surface area contributed by atoms with Gasteiger partial charge in [-0.05, 0) is 19.8 Å². The largest absolute Gasteiger partial charge is 0.367 e. The first-order valence-corrected chi connectivity index (χ1v) is 8.22. The number of aromatic amines is 1. The van der Waals surface area contributed by atoms with Crippen LogP contribution in [-0.2, 0) is 14.3 Å². The summed E-state index contributed by atoms with van der Waals surface area (Å²) in [6.07, 6.45) is 3.09. The summed E-state index contributed by atoms with van der Waals surface area (Å²) in [5, 5.41) is 0. The number of ether oxygens (including phenoxy) is 1. The molecule has 0 aliphatic carbocycles. The lowest BCUT2D eigenvalue weighted by Crippen LogP contribution is -2.48. The molecule has 0 aromatic carbocycles. The Bertz CT molecular complexity index is 578. The highest BCUT2D eigenvalue weighted by atomic mass is 16.5. The van der Waals surface area contributed by atoms with Crippen LogP contribution >= 0.6 is 0 Å². The molecule has 1 atom stereocenters. The minimum atomic E-state index is -0.182. The van der Waals surface area contributed by atoms with Gasteiger partial charge in [-0.3, -0.25) is 9.59 Å². The van der Waals surface area contributed by atoms with Crippen LogP contribution in [0.15, 0.2) is 6.20 Å². The molecule has 2 aliphatic rings. The van der Waals surface area contributed by atoms with Crippen LogP contribution in [0.2, 0.25) is 0 Å². The number of carbonyl (C=O) groups is 2. The molecule has 2 amide bonds. The van der Waals surface area contributed by atoms with Crippen LogP contribution in [0.1, 0.15) is 37.4 Å². The molecule has 3 rings (SSSR count). The van der Waals surface area contributed by atoms with Gasteiger partial charge in [-0.25, -0.2) is 4.98 Å². The molecule has 0 spiro atoms. The molecule has 2 saturated heterocycles. The third-order valence-corrected chi connectivity index (χ3v) is 4.70. The Morgan fingerprint density at radius 2 is 2.00 bits per heavy atom. The summed E-state index contributed by atoms with van der Waals surface area (Å²) in [5.41, 5.74) is 0.989. The maximum atomic E-state index is 12.7. The van der Waals surface area contributed by atoms with Gasteiger partial charge in [0.25, 0.3) is 0 Å². The van der Waals surface area contributed by atoms with Crippen molar-refractivity contribution in [1.82, 2.24) is 19.8 Å². The Morgan fingerprint density at radius 1 is 1.26 bits per heavy atom. The van der Waals surface area contributed by atoms with E-state index in [0.717, 1.165) is 24.4 Å². The predicted molar refractivity (Wildman–Crippen MR) is 83.6 cm³/mol. The molecule has 1 unspecified atom stereocenters. The predicted octanol–water partition coefficient (Wildman–Crippen LogP) is 0.877. The van der Waals surface area contributed by atoms with Gasteiger partial charge in [0.05, 0.1) is 13.2 Å². The van der Waals surface area contributed by atoms with Crippen LogP contribution in [0, 0.1) is 12.8 Å². The van der Waals surface area contributed by atoms with Gasteiger partial charge in [-0.1, -0.05) is 0 Å². The average molecular weight is 320 g/mol. The normalized spacial score (nSPS) is 23.1. The zero-order valence-corrected chi connectivity index (χ0v) is 13.7. The van der Waals surface area contributed by atoms with Crippen molar-refractivity contribution in [3.8, 4) is 0 Å². The summed E-state index contributed by atoms with van der Waals surface area (Å²) in [4.78, 5) is 35.3. The highest BCUT2D eigenvalue weighted by molar-refractivity contribution is 5.80. The topological polar surface area (TPSA) is 78.5 Å². The molecule has 2 aliphatic heterocycles. The zero-order chi connectivity index (χ0) is 16.4. The molecule has 126 valence electrons. The van der Waals surface area contributed by atoms with Crippen molar-refractivity contribution in [3.05, 3.63) is 17.7 Å². The first-order chi connectivity index (χ1) is 11.0. The number of imidazole rings is 1. The number of nitrogens with zero attached hydrogens (tertiary/aromatic N) is 3. The number of hydrogen-bond acceptors (Lipinski definition) is 4. The number of rotatable bonds is 2. The minimum Gasteiger partial charge on any atom is -0.367 e. The molecule has 1 aromatic heterocycles. The molecule has 7 heteroatoms. The number of nitrogens with one attached hydrogen (secondary N) is 1. The monoisotopic (exact) mass is 320 g/mol. The fraction of sp³-hybridized carbons (Fsp3) is 0.688. The minimum absolute atomic E-state index is 0.0164. The van der Waals surface area contributed by atoms with Gasteiger partial charge in [0, 0.05) is 44.4 Å². The molecular formula is C16H24N4O3. The van der Waals surface area contributed by atoms with E-state index in [1.807, 2.05) is 16.7 Å². The molecular weight excluding hydrogens is 296 g/mol. The van der Waals surface area contributed by atoms with Gasteiger partial charge < -0.3 is 19.5 Å². The van der Waals surface area contributed by atoms with Crippen molar-refractivity contribution in [1.29, 1.82) is 0 Å². The number of aryl methyl sites for hydroxylation is 1. The van der Waals surface area contributed by atoms with E-state index in [1.165, 1.54) is 0 Å².